The Morgan fingerprint density at radius 1 is 1.42 bits per heavy atom. The van der Waals surface area contributed by atoms with E-state index >= 15 is 0 Å². The van der Waals surface area contributed by atoms with E-state index in [9.17, 15) is 4.79 Å². The van der Waals surface area contributed by atoms with Crippen LogP contribution in [-0.2, 0) is 0 Å². The van der Waals surface area contributed by atoms with Crippen LogP contribution in [0.2, 0.25) is 0 Å². The molecule has 0 aliphatic carbocycles. The Balaban J connectivity index is 1.90. The SMILES string of the molecule is CC(C)c1noc(-c2ccccc2C(=O)N2CCC(C)(CN)C2)n1. The first-order chi connectivity index (χ1) is 11.4. The smallest absolute Gasteiger partial charge is 0.258 e. The molecule has 24 heavy (non-hydrogen) atoms. The molecule has 0 spiro atoms. The number of amides is 1. The molecule has 1 aromatic carbocycles. The van der Waals surface area contributed by atoms with Gasteiger partial charge >= 0.3 is 0 Å². The molecule has 128 valence electrons. The largest absolute Gasteiger partial charge is 0.338 e. The van der Waals surface area contributed by atoms with E-state index in [2.05, 4.69) is 17.1 Å². The van der Waals surface area contributed by atoms with Gasteiger partial charge in [0.25, 0.3) is 11.8 Å². The molecule has 3 rings (SSSR count). The topological polar surface area (TPSA) is 85.2 Å². The lowest BCUT2D eigenvalue weighted by Gasteiger charge is -2.23. The Labute approximate surface area is 142 Å². The fraction of sp³-hybridized carbons (Fsp3) is 0.500. The Morgan fingerprint density at radius 3 is 2.79 bits per heavy atom. The number of likely N-dealkylation sites (tertiary alicyclic amines) is 1. The Hall–Kier alpha value is -2.21. The molecule has 2 aromatic rings. The Bertz CT molecular complexity index is 740. The second-order valence-corrected chi connectivity index (χ2v) is 7.15. The lowest BCUT2D eigenvalue weighted by atomic mass is 9.90. The number of hydrogen-bond donors (Lipinski definition) is 1. The van der Waals surface area contributed by atoms with Crippen LogP contribution >= 0.6 is 0 Å². The molecule has 1 fully saturated rings. The number of carbonyl (C=O) groups is 1. The van der Waals surface area contributed by atoms with Crippen LogP contribution in [0.15, 0.2) is 28.8 Å². The fourth-order valence-electron chi connectivity index (χ4n) is 2.97. The van der Waals surface area contributed by atoms with Gasteiger partial charge < -0.3 is 15.2 Å². The zero-order valence-corrected chi connectivity index (χ0v) is 14.5. The van der Waals surface area contributed by atoms with E-state index < -0.39 is 0 Å². The molecule has 1 atom stereocenters. The van der Waals surface area contributed by atoms with Gasteiger partial charge in [0, 0.05) is 19.0 Å². The summed E-state index contributed by atoms with van der Waals surface area (Å²) in [6, 6.07) is 7.39. The summed E-state index contributed by atoms with van der Waals surface area (Å²) in [4.78, 5) is 19.3. The number of aromatic nitrogens is 2. The quantitative estimate of drug-likeness (QED) is 0.932. The molecular weight excluding hydrogens is 304 g/mol. The van der Waals surface area contributed by atoms with Gasteiger partial charge in [-0.25, -0.2) is 0 Å². The normalized spacial score (nSPS) is 20.8. The number of nitrogens with zero attached hydrogens (tertiary/aromatic N) is 3. The van der Waals surface area contributed by atoms with Crippen LogP contribution in [-0.4, -0.2) is 40.6 Å². The third-order valence-electron chi connectivity index (χ3n) is 4.68. The van der Waals surface area contributed by atoms with Crippen LogP contribution < -0.4 is 5.73 Å². The van der Waals surface area contributed by atoms with Crippen molar-refractivity contribution in [3.05, 3.63) is 35.7 Å². The lowest BCUT2D eigenvalue weighted by Crippen LogP contribution is -2.34. The van der Waals surface area contributed by atoms with Gasteiger partial charge in [-0.05, 0) is 30.5 Å². The van der Waals surface area contributed by atoms with Gasteiger partial charge in [0.2, 0.25) is 0 Å². The summed E-state index contributed by atoms with van der Waals surface area (Å²) in [5, 5.41) is 4.00. The standard InChI is InChI=1S/C18H24N4O2/c1-12(2)15-20-16(24-21-15)13-6-4-5-7-14(13)17(23)22-9-8-18(3,10-19)11-22/h4-7,12H,8-11,19H2,1-3H3. The van der Waals surface area contributed by atoms with E-state index in [1.165, 1.54) is 0 Å². The van der Waals surface area contributed by atoms with Crippen LogP contribution in [0.5, 0.6) is 0 Å². The fourth-order valence-corrected chi connectivity index (χ4v) is 2.97. The monoisotopic (exact) mass is 328 g/mol. The second-order valence-electron chi connectivity index (χ2n) is 7.15. The van der Waals surface area contributed by atoms with Crippen molar-refractivity contribution in [3.8, 4) is 11.5 Å². The highest BCUT2D eigenvalue weighted by Crippen LogP contribution is 2.31. The molecule has 6 nitrogen and oxygen atoms in total. The molecule has 2 N–H and O–H groups in total. The van der Waals surface area contributed by atoms with Crippen molar-refractivity contribution in [3.63, 3.8) is 0 Å². The van der Waals surface area contributed by atoms with Crippen molar-refractivity contribution in [1.29, 1.82) is 0 Å². The van der Waals surface area contributed by atoms with Gasteiger partial charge in [-0.2, -0.15) is 4.98 Å². The summed E-state index contributed by atoms with van der Waals surface area (Å²) in [6.07, 6.45) is 0.926. The first-order valence-corrected chi connectivity index (χ1v) is 8.36. The van der Waals surface area contributed by atoms with Crippen molar-refractivity contribution in [2.75, 3.05) is 19.6 Å². The number of nitrogens with two attached hydrogens (primary N) is 1. The molecular formula is C18H24N4O2. The van der Waals surface area contributed by atoms with Gasteiger partial charge in [0.15, 0.2) is 5.82 Å². The van der Waals surface area contributed by atoms with Crippen LogP contribution in [0.3, 0.4) is 0 Å². The molecule has 2 heterocycles. The zero-order chi connectivity index (χ0) is 17.3. The molecule has 1 saturated heterocycles. The van der Waals surface area contributed by atoms with E-state index in [1.54, 1.807) is 0 Å². The maximum Gasteiger partial charge on any atom is 0.258 e. The van der Waals surface area contributed by atoms with Gasteiger partial charge in [-0.15, -0.1) is 0 Å². The number of rotatable bonds is 4. The lowest BCUT2D eigenvalue weighted by molar-refractivity contribution is 0.0777. The summed E-state index contributed by atoms with van der Waals surface area (Å²) in [5.41, 5.74) is 7.13. The van der Waals surface area contributed by atoms with E-state index in [-0.39, 0.29) is 17.2 Å². The van der Waals surface area contributed by atoms with Crippen LogP contribution in [0.4, 0.5) is 0 Å². The van der Waals surface area contributed by atoms with Gasteiger partial charge in [-0.1, -0.05) is 38.1 Å². The zero-order valence-electron chi connectivity index (χ0n) is 14.5. The van der Waals surface area contributed by atoms with Gasteiger partial charge in [-0.3, -0.25) is 4.79 Å². The molecule has 6 heteroatoms. The summed E-state index contributed by atoms with van der Waals surface area (Å²) < 4.78 is 5.38. The van der Waals surface area contributed by atoms with Gasteiger partial charge in [0.05, 0.1) is 11.1 Å². The van der Waals surface area contributed by atoms with Crippen molar-refractivity contribution < 1.29 is 9.32 Å². The molecule has 1 unspecified atom stereocenters. The summed E-state index contributed by atoms with van der Waals surface area (Å²) in [6.45, 7) is 8.12. The first-order valence-electron chi connectivity index (χ1n) is 8.36. The highest BCUT2D eigenvalue weighted by molar-refractivity contribution is 6.00. The van der Waals surface area contributed by atoms with E-state index in [1.807, 2.05) is 43.0 Å². The number of carbonyl (C=O) groups excluding carboxylic acids is 1. The first kappa shape index (κ1) is 16.6. The molecule has 1 aliphatic rings. The third kappa shape index (κ3) is 3.06. The molecule has 0 bridgehead atoms. The maximum atomic E-state index is 13.0. The minimum Gasteiger partial charge on any atom is -0.338 e. The van der Waals surface area contributed by atoms with Crippen LogP contribution in [0, 0.1) is 5.41 Å². The minimum atomic E-state index is -0.00734. The van der Waals surface area contributed by atoms with Crippen molar-refractivity contribution in [1.82, 2.24) is 15.0 Å². The molecule has 0 saturated carbocycles. The predicted octanol–water partition coefficient (Wildman–Crippen LogP) is 2.67. The van der Waals surface area contributed by atoms with Crippen molar-refractivity contribution in [2.45, 2.75) is 33.1 Å². The maximum absolute atomic E-state index is 13.0. The Morgan fingerprint density at radius 2 is 2.17 bits per heavy atom. The number of benzene rings is 1. The van der Waals surface area contributed by atoms with Gasteiger partial charge in [0.1, 0.15) is 0 Å². The summed E-state index contributed by atoms with van der Waals surface area (Å²) >= 11 is 0. The van der Waals surface area contributed by atoms with E-state index in [0.29, 0.717) is 35.9 Å². The number of hydrogen-bond acceptors (Lipinski definition) is 5. The Kier molecular flexibility index (Phi) is 4.41. The molecule has 1 aliphatic heterocycles. The van der Waals surface area contributed by atoms with Crippen molar-refractivity contribution >= 4 is 5.91 Å². The highest BCUT2D eigenvalue weighted by atomic mass is 16.5. The predicted molar refractivity (Wildman–Crippen MR) is 91.5 cm³/mol. The summed E-state index contributed by atoms with van der Waals surface area (Å²) in [7, 11) is 0. The second kappa shape index (κ2) is 6.36. The third-order valence-corrected chi connectivity index (χ3v) is 4.68. The molecule has 1 amide bonds. The molecule has 0 radical (unpaired) electrons. The highest BCUT2D eigenvalue weighted by Gasteiger charge is 2.36. The van der Waals surface area contributed by atoms with Crippen molar-refractivity contribution in [2.24, 2.45) is 11.1 Å². The average Bonchev–Trinajstić information content (AvgIpc) is 3.22. The summed E-state index contributed by atoms with van der Waals surface area (Å²) in [5.74, 6) is 1.20. The minimum absolute atomic E-state index is 0.0000958. The van der Waals surface area contributed by atoms with E-state index in [0.717, 1.165) is 13.0 Å². The van der Waals surface area contributed by atoms with E-state index in [4.69, 9.17) is 10.3 Å². The average molecular weight is 328 g/mol. The van der Waals surface area contributed by atoms with Crippen LogP contribution in [0.25, 0.3) is 11.5 Å². The van der Waals surface area contributed by atoms with Crippen LogP contribution in [0.1, 0.15) is 49.3 Å². The molecule has 1 aromatic heterocycles.